The number of carbonyl (C=O) groups excluding carboxylic acids is 1. The van der Waals surface area contributed by atoms with Gasteiger partial charge in [-0.05, 0) is 75.2 Å². The molecule has 7 rings (SSSR count). The van der Waals surface area contributed by atoms with E-state index in [2.05, 4.69) is 60.9 Å². The summed E-state index contributed by atoms with van der Waals surface area (Å²) in [5, 5.41) is 15.2. The summed E-state index contributed by atoms with van der Waals surface area (Å²) in [4.78, 5) is 32.4. The molecule has 7 heterocycles. The van der Waals surface area contributed by atoms with Crippen LogP contribution in [0, 0.1) is 12.8 Å². The largest absolute Gasteiger partial charge is 0.352 e. The van der Waals surface area contributed by atoms with Gasteiger partial charge in [-0.1, -0.05) is 0 Å². The number of piperidine rings is 1. The van der Waals surface area contributed by atoms with Gasteiger partial charge in [0, 0.05) is 45.1 Å². The molecule has 6 aromatic rings. The van der Waals surface area contributed by atoms with E-state index in [4.69, 9.17) is 4.98 Å². The monoisotopic (exact) mass is 548 g/mol. The fourth-order valence-electron chi connectivity index (χ4n) is 5.41. The lowest BCUT2D eigenvalue weighted by Crippen LogP contribution is -2.30. The smallest absolute Gasteiger partial charge is 0.224 e. The van der Waals surface area contributed by atoms with Crippen LogP contribution in [0.3, 0.4) is 0 Å². The van der Waals surface area contributed by atoms with E-state index in [0.29, 0.717) is 18.0 Å². The summed E-state index contributed by atoms with van der Waals surface area (Å²) in [6.45, 7) is 4.06. The molecule has 9 nitrogen and oxygen atoms in total. The van der Waals surface area contributed by atoms with Crippen molar-refractivity contribution in [1.29, 1.82) is 0 Å². The first kappa shape index (κ1) is 24.6. The molecule has 0 aromatic carbocycles. The Morgan fingerprint density at radius 2 is 1.90 bits per heavy atom. The number of carbonyl (C=O) groups is 1. The van der Waals surface area contributed by atoms with Crippen LogP contribution in [0.25, 0.3) is 55.0 Å². The molecule has 0 radical (unpaired) electrons. The molecule has 1 aliphatic heterocycles. The van der Waals surface area contributed by atoms with Crippen molar-refractivity contribution in [2.24, 2.45) is 5.92 Å². The Hall–Kier alpha value is -4.41. The first-order valence-corrected chi connectivity index (χ1v) is 14.3. The molecule has 10 heteroatoms. The summed E-state index contributed by atoms with van der Waals surface area (Å²) in [7, 11) is 0. The third kappa shape index (κ3) is 4.76. The second-order valence-electron chi connectivity index (χ2n) is 10.3. The number of H-pyrrole nitrogens is 2. The van der Waals surface area contributed by atoms with Crippen LogP contribution >= 0.6 is 11.3 Å². The number of amides is 1. The van der Waals surface area contributed by atoms with Gasteiger partial charge in [-0.15, -0.1) is 11.3 Å². The standard InChI is InChI=1S/C30H28N8OS/c1-17-2-5-27(40-17)22-15-33-16-26-21(22)12-25(35-26)30-29-24(37-38-30)4-3-23(36-29)19-11-20(14-32-13-19)34-28(39)10-18-6-8-31-9-7-18/h2-5,11-16,18,31,35H,6-10H2,1H3,(H,34,39)(H,37,38). The SMILES string of the molecule is Cc1ccc(-c2cncc3[nH]c(-c4n[nH]c5ccc(-c6cncc(NC(=O)CC7CCNCC7)c6)nc45)cc23)s1. The van der Waals surface area contributed by atoms with Gasteiger partial charge >= 0.3 is 0 Å². The van der Waals surface area contributed by atoms with Crippen molar-refractivity contribution in [2.75, 3.05) is 18.4 Å². The minimum Gasteiger partial charge on any atom is -0.352 e. The molecule has 1 amide bonds. The number of rotatable bonds is 6. The average Bonchev–Trinajstić information content (AvgIpc) is 3.71. The summed E-state index contributed by atoms with van der Waals surface area (Å²) < 4.78 is 0. The van der Waals surface area contributed by atoms with E-state index in [1.165, 1.54) is 9.75 Å². The number of aromatic amines is 2. The summed E-state index contributed by atoms with van der Waals surface area (Å²) >= 11 is 1.75. The lowest BCUT2D eigenvalue weighted by atomic mass is 9.94. The lowest BCUT2D eigenvalue weighted by Gasteiger charge is -2.21. The van der Waals surface area contributed by atoms with E-state index in [0.717, 1.165) is 76.1 Å². The third-order valence-electron chi connectivity index (χ3n) is 7.46. The van der Waals surface area contributed by atoms with Gasteiger partial charge in [0.05, 0.1) is 40.5 Å². The van der Waals surface area contributed by atoms with Gasteiger partial charge < -0.3 is 15.6 Å². The molecule has 0 aliphatic carbocycles. The highest BCUT2D eigenvalue weighted by molar-refractivity contribution is 7.15. The molecule has 200 valence electrons. The molecule has 1 aliphatic rings. The fraction of sp³-hybridized carbons (Fsp3) is 0.233. The van der Waals surface area contributed by atoms with Crippen LogP contribution in [-0.4, -0.2) is 49.1 Å². The van der Waals surface area contributed by atoms with Crippen molar-refractivity contribution in [2.45, 2.75) is 26.2 Å². The number of hydrogen-bond donors (Lipinski definition) is 4. The molecule has 0 bridgehead atoms. The number of anilines is 1. The van der Waals surface area contributed by atoms with Crippen LogP contribution in [0.1, 0.15) is 24.1 Å². The fourth-order valence-corrected chi connectivity index (χ4v) is 6.30. The Balaban J connectivity index is 1.19. The van der Waals surface area contributed by atoms with Gasteiger partial charge in [-0.2, -0.15) is 5.10 Å². The van der Waals surface area contributed by atoms with Crippen molar-refractivity contribution in [1.82, 2.24) is 35.5 Å². The van der Waals surface area contributed by atoms with Crippen LogP contribution in [-0.2, 0) is 4.79 Å². The van der Waals surface area contributed by atoms with Crippen LogP contribution < -0.4 is 10.6 Å². The van der Waals surface area contributed by atoms with Gasteiger partial charge in [0.1, 0.15) is 11.2 Å². The van der Waals surface area contributed by atoms with Crippen molar-refractivity contribution < 1.29 is 4.79 Å². The number of nitrogens with one attached hydrogen (secondary N) is 4. The van der Waals surface area contributed by atoms with Crippen molar-refractivity contribution >= 4 is 44.9 Å². The van der Waals surface area contributed by atoms with E-state index in [-0.39, 0.29) is 5.91 Å². The Morgan fingerprint density at radius 1 is 1.02 bits per heavy atom. The Kier molecular flexibility index (Phi) is 6.33. The minimum atomic E-state index is 0.0248. The number of nitrogens with zero attached hydrogens (tertiary/aromatic N) is 4. The lowest BCUT2D eigenvalue weighted by molar-refractivity contribution is -0.117. The van der Waals surface area contributed by atoms with Gasteiger partial charge in [0.2, 0.25) is 5.91 Å². The van der Waals surface area contributed by atoms with Gasteiger partial charge in [-0.25, -0.2) is 4.98 Å². The van der Waals surface area contributed by atoms with Gasteiger partial charge in [0.15, 0.2) is 0 Å². The molecule has 0 atom stereocenters. The predicted octanol–water partition coefficient (Wildman–Crippen LogP) is 5.93. The Bertz CT molecular complexity index is 1850. The molecule has 0 spiro atoms. The highest BCUT2D eigenvalue weighted by atomic mass is 32.1. The maximum absolute atomic E-state index is 12.7. The maximum atomic E-state index is 12.7. The molecule has 40 heavy (non-hydrogen) atoms. The van der Waals surface area contributed by atoms with Crippen molar-refractivity contribution in [3.05, 3.63) is 66.1 Å². The Morgan fingerprint density at radius 3 is 2.75 bits per heavy atom. The number of thiophene rings is 1. The zero-order valence-corrected chi connectivity index (χ0v) is 22.8. The van der Waals surface area contributed by atoms with Gasteiger partial charge in [-0.3, -0.25) is 19.9 Å². The van der Waals surface area contributed by atoms with E-state index >= 15 is 0 Å². The number of aromatic nitrogens is 6. The molecular formula is C30H28N8OS. The second-order valence-corrected chi connectivity index (χ2v) is 11.6. The molecule has 0 saturated carbocycles. The van der Waals surface area contributed by atoms with E-state index < -0.39 is 0 Å². The molecule has 0 unspecified atom stereocenters. The van der Waals surface area contributed by atoms with Gasteiger partial charge in [0.25, 0.3) is 0 Å². The first-order valence-electron chi connectivity index (χ1n) is 13.5. The molecule has 4 N–H and O–H groups in total. The Labute approximate surface area is 234 Å². The number of aryl methyl sites for hydroxylation is 1. The van der Waals surface area contributed by atoms with Crippen LogP contribution in [0.2, 0.25) is 0 Å². The summed E-state index contributed by atoms with van der Waals surface area (Å²) in [6.07, 6.45) is 9.79. The van der Waals surface area contributed by atoms with E-state index in [9.17, 15) is 4.79 Å². The van der Waals surface area contributed by atoms with Crippen molar-refractivity contribution in [3.8, 4) is 33.1 Å². The molecular weight excluding hydrogens is 520 g/mol. The van der Waals surface area contributed by atoms with Crippen molar-refractivity contribution in [3.63, 3.8) is 0 Å². The topological polar surface area (TPSA) is 124 Å². The second kappa shape index (κ2) is 10.3. The molecule has 1 fully saturated rings. The van der Waals surface area contributed by atoms with Crippen LogP contribution in [0.5, 0.6) is 0 Å². The predicted molar refractivity (Wildman–Crippen MR) is 159 cm³/mol. The summed E-state index contributed by atoms with van der Waals surface area (Å²) in [6, 6.07) is 12.2. The highest BCUT2D eigenvalue weighted by Gasteiger charge is 2.18. The first-order chi connectivity index (χ1) is 19.6. The number of hydrogen-bond acceptors (Lipinski definition) is 7. The zero-order valence-electron chi connectivity index (χ0n) is 22.0. The maximum Gasteiger partial charge on any atom is 0.224 e. The zero-order chi connectivity index (χ0) is 27.1. The van der Waals surface area contributed by atoms with E-state index in [1.54, 1.807) is 23.7 Å². The molecule has 1 saturated heterocycles. The third-order valence-corrected chi connectivity index (χ3v) is 8.50. The molecule has 6 aromatic heterocycles. The van der Waals surface area contributed by atoms with E-state index in [1.807, 2.05) is 30.6 Å². The minimum absolute atomic E-state index is 0.0248. The average molecular weight is 549 g/mol. The quantitative estimate of drug-likeness (QED) is 0.205. The van der Waals surface area contributed by atoms with Crippen LogP contribution in [0.15, 0.2) is 61.2 Å². The number of fused-ring (bicyclic) bond motifs is 2. The summed E-state index contributed by atoms with van der Waals surface area (Å²) in [5.74, 6) is 0.448. The summed E-state index contributed by atoms with van der Waals surface area (Å²) in [5.41, 5.74) is 7.49. The normalized spacial score (nSPS) is 14.2. The highest BCUT2D eigenvalue weighted by Crippen LogP contribution is 2.36. The van der Waals surface area contributed by atoms with Crippen LogP contribution in [0.4, 0.5) is 5.69 Å². The number of pyridine rings is 3.